The Kier molecular flexibility index (Phi) is 7.25. The van der Waals surface area contributed by atoms with Crippen molar-refractivity contribution >= 4 is 29.3 Å². The minimum absolute atomic E-state index is 0.160. The number of nitrogens with one attached hydrogen (secondary N) is 3. The molecule has 1 aliphatic heterocycles. The monoisotopic (exact) mass is 424 g/mol. The second-order valence-electron chi connectivity index (χ2n) is 7.83. The first-order valence-corrected chi connectivity index (χ1v) is 10.3. The van der Waals surface area contributed by atoms with E-state index in [2.05, 4.69) is 16.0 Å². The van der Waals surface area contributed by atoms with E-state index in [1.165, 1.54) is 0 Å². The van der Waals surface area contributed by atoms with Gasteiger partial charge in [0.25, 0.3) is 0 Å². The first kappa shape index (κ1) is 22.3. The van der Waals surface area contributed by atoms with Gasteiger partial charge in [0.2, 0.25) is 5.91 Å². The van der Waals surface area contributed by atoms with Gasteiger partial charge in [0.05, 0.1) is 6.04 Å². The molecule has 8 heteroatoms. The minimum atomic E-state index is -1.08. The topological polar surface area (TPSA) is 111 Å². The number of nitrogens with zero attached hydrogens (tertiary/aromatic N) is 1. The Bertz CT molecular complexity index is 945. The number of carbonyl (C=O) groups is 3. The lowest BCUT2D eigenvalue weighted by Crippen LogP contribution is -2.49. The fraction of sp³-hybridized carbons (Fsp3) is 0.348. The lowest BCUT2D eigenvalue weighted by atomic mass is 10.0. The summed E-state index contributed by atoms with van der Waals surface area (Å²) in [6.07, 6.45) is 1.82. The highest BCUT2D eigenvalue weighted by molar-refractivity contribution is 6.00. The van der Waals surface area contributed by atoms with Gasteiger partial charge in [0.1, 0.15) is 6.04 Å². The maximum Gasteiger partial charge on any atom is 0.326 e. The average molecular weight is 425 g/mol. The van der Waals surface area contributed by atoms with Crippen molar-refractivity contribution in [2.24, 2.45) is 0 Å². The first-order chi connectivity index (χ1) is 14.8. The normalized spacial score (nSPS) is 17.0. The van der Waals surface area contributed by atoms with Crippen LogP contribution in [-0.2, 0) is 16.0 Å². The summed E-state index contributed by atoms with van der Waals surface area (Å²) in [4.78, 5) is 38.2. The van der Waals surface area contributed by atoms with E-state index in [1.807, 2.05) is 43.1 Å². The number of para-hydroxylation sites is 1. The number of hydrogen-bond acceptors (Lipinski definition) is 4. The highest BCUT2D eigenvalue weighted by atomic mass is 16.4. The molecule has 1 aliphatic rings. The molecule has 3 amide bonds. The Balaban J connectivity index is 1.56. The summed E-state index contributed by atoms with van der Waals surface area (Å²) in [5, 5.41) is 17.7. The van der Waals surface area contributed by atoms with Crippen molar-refractivity contribution in [1.82, 2.24) is 10.2 Å². The van der Waals surface area contributed by atoms with Gasteiger partial charge in [-0.15, -0.1) is 0 Å². The second-order valence-corrected chi connectivity index (χ2v) is 7.83. The molecule has 1 saturated heterocycles. The van der Waals surface area contributed by atoms with Gasteiger partial charge >= 0.3 is 12.0 Å². The summed E-state index contributed by atoms with van der Waals surface area (Å²) in [6.45, 7) is 2.74. The van der Waals surface area contributed by atoms with E-state index >= 15 is 0 Å². The fourth-order valence-electron chi connectivity index (χ4n) is 3.67. The van der Waals surface area contributed by atoms with Gasteiger partial charge in [0.15, 0.2) is 0 Å². The number of aryl methyl sites for hydroxylation is 1. The van der Waals surface area contributed by atoms with Crippen LogP contribution in [0.2, 0.25) is 0 Å². The quantitative estimate of drug-likeness (QED) is 0.546. The number of carbonyl (C=O) groups excluding carboxylic acids is 2. The third-order valence-corrected chi connectivity index (χ3v) is 5.48. The van der Waals surface area contributed by atoms with Crippen LogP contribution in [0, 0.1) is 6.92 Å². The number of hydrogen-bond donors (Lipinski definition) is 4. The van der Waals surface area contributed by atoms with E-state index in [4.69, 9.17) is 0 Å². The fourth-order valence-corrected chi connectivity index (χ4v) is 3.67. The molecule has 4 N–H and O–H groups in total. The van der Waals surface area contributed by atoms with E-state index < -0.39 is 12.0 Å². The molecule has 2 aromatic rings. The van der Waals surface area contributed by atoms with Crippen LogP contribution in [0.4, 0.5) is 16.2 Å². The van der Waals surface area contributed by atoms with Gasteiger partial charge in [-0.05, 0) is 62.7 Å². The molecule has 0 aliphatic carbocycles. The van der Waals surface area contributed by atoms with E-state index in [1.54, 1.807) is 24.3 Å². The first-order valence-electron chi connectivity index (χ1n) is 10.3. The molecule has 3 rings (SSSR count). The molecule has 0 aromatic heterocycles. The van der Waals surface area contributed by atoms with Crippen LogP contribution < -0.4 is 16.0 Å². The third-order valence-electron chi connectivity index (χ3n) is 5.48. The van der Waals surface area contributed by atoms with E-state index in [0.29, 0.717) is 5.69 Å². The molecule has 0 spiro atoms. The molecular formula is C23H28N4O4. The summed E-state index contributed by atoms with van der Waals surface area (Å²) in [5.74, 6) is -1.33. The van der Waals surface area contributed by atoms with Crippen molar-refractivity contribution < 1.29 is 19.5 Å². The number of aliphatic carboxylic acids is 1. The number of benzene rings is 2. The highest BCUT2D eigenvalue weighted by Gasteiger charge is 2.30. The van der Waals surface area contributed by atoms with E-state index in [9.17, 15) is 19.5 Å². The van der Waals surface area contributed by atoms with Gasteiger partial charge in [0, 0.05) is 17.8 Å². The molecule has 1 heterocycles. The average Bonchev–Trinajstić information content (AvgIpc) is 3.16. The lowest BCUT2D eigenvalue weighted by molar-refractivity contribution is -0.142. The number of carboxylic acid groups (broad SMARTS) is 1. The molecule has 2 atom stereocenters. The van der Waals surface area contributed by atoms with Crippen LogP contribution in [0.1, 0.15) is 24.0 Å². The van der Waals surface area contributed by atoms with Crippen LogP contribution in [0.25, 0.3) is 0 Å². The van der Waals surface area contributed by atoms with Gasteiger partial charge < -0.3 is 21.1 Å². The van der Waals surface area contributed by atoms with Gasteiger partial charge in [-0.3, -0.25) is 9.69 Å². The number of amides is 3. The Morgan fingerprint density at radius 2 is 1.81 bits per heavy atom. The van der Waals surface area contributed by atoms with Crippen LogP contribution in [-0.4, -0.2) is 53.6 Å². The SMILES string of the molecule is Cc1ccccc1NC(=O)Nc1ccc(C[C@H](NC(=O)[C@@H]2CCCN2C)C(=O)O)cc1. The summed E-state index contributed by atoms with van der Waals surface area (Å²) >= 11 is 0. The minimum Gasteiger partial charge on any atom is -0.480 e. The number of likely N-dealkylation sites (N-methyl/N-ethyl adjacent to an activating group) is 1. The maximum atomic E-state index is 12.4. The second kappa shape index (κ2) is 10.1. The molecule has 0 radical (unpaired) electrons. The lowest BCUT2D eigenvalue weighted by Gasteiger charge is -2.22. The van der Waals surface area contributed by atoms with Crippen molar-refractivity contribution in [2.45, 2.75) is 38.3 Å². The Morgan fingerprint density at radius 1 is 1.10 bits per heavy atom. The standard InChI is InChI=1S/C23H28N4O4/c1-15-6-3-4-7-18(15)26-23(31)24-17-11-9-16(10-12-17)14-19(22(29)30)25-21(28)20-8-5-13-27(20)2/h3-4,6-7,9-12,19-20H,5,8,13-14H2,1-2H3,(H,25,28)(H,29,30)(H2,24,26,31)/t19-,20-/m0/s1. The smallest absolute Gasteiger partial charge is 0.326 e. The van der Waals surface area contributed by atoms with Crippen LogP contribution in [0.5, 0.6) is 0 Å². The number of anilines is 2. The van der Waals surface area contributed by atoms with Crippen LogP contribution >= 0.6 is 0 Å². The van der Waals surface area contributed by atoms with E-state index in [-0.39, 0.29) is 24.4 Å². The predicted octanol–water partition coefficient (Wildman–Crippen LogP) is 2.85. The van der Waals surface area contributed by atoms with Crippen LogP contribution in [0.3, 0.4) is 0 Å². The molecule has 0 saturated carbocycles. The van der Waals surface area contributed by atoms with E-state index in [0.717, 1.165) is 36.2 Å². The van der Waals surface area contributed by atoms with Crippen molar-refractivity contribution in [2.75, 3.05) is 24.2 Å². The summed E-state index contributed by atoms with van der Waals surface area (Å²) in [7, 11) is 1.87. The number of carboxylic acids is 1. The van der Waals surface area contributed by atoms with Crippen LogP contribution in [0.15, 0.2) is 48.5 Å². The van der Waals surface area contributed by atoms with Crippen molar-refractivity contribution in [1.29, 1.82) is 0 Å². The molecule has 8 nitrogen and oxygen atoms in total. The number of urea groups is 1. The summed E-state index contributed by atoms with van der Waals surface area (Å²) < 4.78 is 0. The molecule has 164 valence electrons. The van der Waals surface area contributed by atoms with Gasteiger partial charge in [-0.2, -0.15) is 0 Å². The van der Waals surface area contributed by atoms with Gasteiger partial charge in [-0.1, -0.05) is 30.3 Å². The third kappa shape index (κ3) is 6.05. The molecule has 1 fully saturated rings. The predicted molar refractivity (Wildman–Crippen MR) is 119 cm³/mol. The number of likely N-dealkylation sites (tertiary alicyclic amines) is 1. The van der Waals surface area contributed by atoms with Crippen molar-refractivity contribution in [3.63, 3.8) is 0 Å². The zero-order valence-corrected chi connectivity index (χ0v) is 17.7. The Morgan fingerprint density at radius 3 is 2.42 bits per heavy atom. The Labute approximate surface area is 181 Å². The largest absolute Gasteiger partial charge is 0.480 e. The molecule has 2 aromatic carbocycles. The molecular weight excluding hydrogens is 396 g/mol. The zero-order chi connectivity index (χ0) is 22.4. The maximum absolute atomic E-state index is 12.4. The summed E-state index contributed by atoms with van der Waals surface area (Å²) in [6, 6.07) is 12.7. The highest BCUT2D eigenvalue weighted by Crippen LogP contribution is 2.17. The number of rotatable bonds is 7. The molecule has 0 unspecified atom stereocenters. The molecule has 0 bridgehead atoms. The Hall–Kier alpha value is -3.39. The molecule has 31 heavy (non-hydrogen) atoms. The van der Waals surface area contributed by atoms with Crippen molar-refractivity contribution in [3.05, 3.63) is 59.7 Å². The summed E-state index contributed by atoms with van der Waals surface area (Å²) in [5.41, 5.74) is 3.01. The zero-order valence-electron chi connectivity index (χ0n) is 17.7. The van der Waals surface area contributed by atoms with Crippen molar-refractivity contribution in [3.8, 4) is 0 Å². The van der Waals surface area contributed by atoms with Gasteiger partial charge in [-0.25, -0.2) is 9.59 Å².